The highest BCUT2D eigenvalue weighted by Gasteiger charge is 2.55. The molecule has 5 aromatic carbocycles. The van der Waals surface area contributed by atoms with E-state index < -0.39 is 17.7 Å². The van der Waals surface area contributed by atoms with E-state index >= 15 is 0 Å². The first-order valence-electron chi connectivity index (χ1n) is 22.4. The summed E-state index contributed by atoms with van der Waals surface area (Å²) in [6.07, 6.45) is 8.25. The fourth-order valence-electron chi connectivity index (χ4n) is 11.5. The van der Waals surface area contributed by atoms with Crippen LogP contribution >= 0.6 is 0 Å². The van der Waals surface area contributed by atoms with E-state index in [1.54, 1.807) is 7.11 Å². The Bertz CT molecular complexity index is 2590. The highest BCUT2D eigenvalue weighted by molar-refractivity contribution is 6.09. The van der Waals surface area contributed by atoms with Crippen LogP contribution in [0.4, 0.5) is 10.5 Å². The second-order valence-electron chi connectivity index (χ2n) is 19.0. The summed E-state index contributed by atoms with van der Waals surface area (Å²) in [5, 5.41) is 4.83. The van der Waals surface area contributed by atoms with Crippen LogP contribution in [0.1, 0.15) is 74.8 Å². The zero-order valence-corrected chi connectivity index (χ0v) is 37.6. The first-order valence-corrected chi connectivity index (χ1v) is 22.4. The molecule has 1 saturated heterocycles. The maximum atomic E-state index is 12.1. The Morgan fingerprint density at radius 1 is 0.797 bits per heavy atom. The summed E-state index contributed by atoms with van der Waals surface area (Å²) in [5.41, 5.74) is 8.67. The minimum atomic E-state index is -1.01. The van der Waals surface area contributed by atoms with Gasteiger partial charge in [-0.05, 0) is 106 Å². The van der Waals surface area contributed by atoms with Gasteiger partial charge in [0.2, 0.25) is 0 Å². The highest BCUT2D eigenvalue weighted by Crippen LogP contribution is 2.67. The molecule has 0 bridgehead atoms. The first-order chi connectivity index (χ1) is 30.9. The van der Waals surface area contributed by atoms with Crippen molar-refractivity contribution in [2.45, 2.75) is 58.0 Å². The zero-order chi connectivity index (χ0) is 44.7. The van der Waals surface area contributed by atoms with Crippen LogP contribution < -0.4 is 24.4 Å². The van der Waals surface area contributed by atoms with Crippen molar-refractivity contribution < 1.29 is 38.0 Å². The molecule has 2 heterocycles. The van der Waals surface area contributed by atoms with E-state index in [1.807, 2.05) is 36.4 Å². The van der Waals surface area contributed by atoms with Gasteiger partial charge in [0.15, 0.2) is 5.60 Å². The van der Waals surface area contributed by atoms with E-state index in [-0.39, 0.29) is 42.6 Å². The quantitative estimate of drug-likeness (QED) is 0.0746. The third-order valence-electron chi connectivity index (χ3n) is 13.3. The van der Waals surface area contributed by atoms with Gasteiger partial charge in [0.1, 0.15) is 37.1 Å². The van der Waals surface area contributed by atoms with Gasteiger partial charge in [-0.15, -0.1) is 0 Å². The lowest BCUT2D eigenvalue weighted by atomic mass is 9.52. The van der Waals surface area contributed by atoms with Crippen LogP contribution in [0.25, 0.3) is 28.0 Å². The molecule has 2 fully saturated rings. The zero-order valence-electron chi connectivity index (χ0n) is 37.6. The summed E-state index contributed by atoms with van der Waals surface area (Å²) >= 11 is 0. The molecule has 0 aromatic heterocycles. The number of rotatable bonds is 12. The van der Waals surface area contributed by atoms with Crippen LogP contribution in [-0.4, -0.2) is 71.8 Å². The Labute approximate surface area is 376 Å². The largest absolute Gasteiger partial charge is 0.497 e. The van der Waals surface area contributed by atoms with Crippen LogP contribution in [0, 0.1) is 10.8 Å². The number of fused-ring (bicyclic) bond motifs is 10. The molecule has 4 aliphatic rings. The molecular formula is C54H58N2O8. The molecule has 9 rings (SSSR count). The lowest BCUT2D eigenvalue weighted by molar-refractivity contribution is -0.137. The molecule has 0 radical (unpaired) electrons. The van der Waals surface area contributed by atoms with Crippen molar-refractivity contribution in [2.75, 3.05) is 64.7 Å². The summed E-state index contributed by atoms with van der Waals surface area (Å²) < 4.78 is 35.3. The van der Waals surface area contributed by atoms with Gasteiger partial charge in [0, 0.05) is 52.3 Å². The molecule has 5 aromatic rings. The monoisotopic (exact) mass is 862 g/mol. The van der Waals surface area contributed by atoms with Gasteiger partial charge < -0.3 is 38.6 Å². The van der Waals surface area contributed by atoms with Gasteiger partial charge in [0.25, 0.3) is 0 Å². The van der Waals surface area contributed by atoms with E-state index in [0.717, 1.165) is 72.0 Å². The van der Waals surface area contributed by atoms with Crippen molar-refractivity contribution >= 4 is 34.6 Å². The molecule has 1 saturated carbocycles. The van der Waals surface area contributed by atoms with Gasteiger partial charge in [-0.25, -0.2) is 9.59 Å². The van der Waals surface area contributed by atoms with Gasteiger partial charge in [-0.2, -0.15) is 0 Å². The number of esters is 1. The smallest absolute Gasteiger partial charge is 0.407 e. The second-order valence-corrected chi connectivity index (χ2v) is 19.0. The standard InChI is InChI=1S/C54H58N2O8/c1-7-46(57)62-27-24-55-50(58)63-31-30-61-40-19-14-37(15-20-40)54(36-12-17-39(59-6)18-13-36)23-22-43-48-47(44-32-38(56-25-28-60-29-26-56)16-21-41(44)49(43)64-54)42-10-8-9-11-45(42)53(48)34-51(2,3)33-52(4,5)35-53/h7-23,32H,1,24-31,33-35H2,2-6H3,(H,55,58). The summed E-state index contributed by atoms with van der Waals surface area (Å²) in [7, 11) is 1.68. The third kappa shape index (κ3) is 7.97. The molecule has 1 amide bonds. The lowest BCUT2D eigenvalue weighted by Gasteiger charge is -2.52. The SMILES string of the molecule is C=CC(=O)OCCNC(=O)OCCOc1ccc(C2(c3ccc(OC)cc3)C=Cc3c4c(c5cc(N6CCOCC6)ccc5c3O2)-c2ccccc2C42CC(C)(C)CC(C)(C)C2)cc1. The van der Waals surface area contributed by atoms with Crippen LogP contribution in [0.15, 0.2) is 110 Å². The predicted molar refractivity (Wildman–Crippen MR) is 250 cm³/mol. The van der Waals surface area contributed by atoms with Crippen molar-refractivity contribution in [3.05, 3.63) is 138 Å². The number of hydrogen-bond acceptors (Lipinski definition) is 9. The molecule has 1 unspecified atom stereocenters. The fourth-order valence-corrected chi connectivity index (χ4v) is 11.5. The highest BCUT2D eigenvalue weighted by atomic mass is 16.6. The van der Waals surface area contributed by atoms with Crippen molar-refractivity contribution in [3.8, 4) is 28.4 Å². The number of benzene rings is 5. The van der Waals surface area contributed by atoms with Crippen LogP contribution in [-0.2, 0) is 30.0 Å². The third-order valence-corrected chi connectivity index (χ3v) is 13.3. The Morgan fingerprint density at radius 3 is 2.17 bits per heavy atom. The van der Waals surface area contributed by atoms with Crippen LogP contribution in [0.3, 0.4) is 0 Å². The maximum absolute atomic E-state index is 12.1. The number of carbonyl (C=O) groups excluding carboxylic acids is 2. The minimum Gasteiger partial charge on any atom is -0.497 e. The average molecular weight is 863 g/mol. The average Bonchev–Trinajstić information content (AvgIpc) is 3.56. The molecular weight excluding hydrogens is 805 g/mol. The van der Waals surface area contributed by atoms with E-state index in [9.17, 15) is 9.59 Å². The number of carbonyl (C=O) groups is 2. The molecule has 10 heteroatoms. The van der Waals surface area contributed by atoms with Gasteiger partial charge in [0.05, 0.1) is 26.9 Å². The number of nitrogens with zero attached hydrogens (tertiary/aromatic N) is 1. The van der Waals surface area contributed by atoms with E-state index in [0.29, 0.717) is 19.0 Å². The number of hydrogen-bond donors (Lipinski definition) is 1. The molecule has 1 N–H and O–H groups in total. The Morgan fingerprint density at radius 2 is 1.48 bits per heavy atom. The number of alkyl carbamates (subject to hydrolysis) is 1. The number of anilines is 1. The van der Waals surface area contributed by atoms with Crippen molar-refractivity contribution in [2.24, 2.45) is 10.8 Å². The van der Waals surface area contributed by atoms with E-state index in [4.69, 9.17) is 28.4 Å². The number of morpholine rings is 1. The van der Waals surface area contributed by atoms with Crippen LogP contribution in [0.2, 0.25) is 0 Å². The summed E-state index contributed by atoms with van der Waals surface area (Å²) in [6.45, 7) is 16.6. The second kappa shape index (κ2) is 17.0. The number of methoxy groups -OCH3 is 1. The molecule has 2 aliphatic carbocycles. The maximum Gasteiger partial charge on any atom is 0.407 e. The summed E-state index contributed by atoms with van der Waals surface area (Å²) in [4.78, 5) is 25.8. The van der Waals surface area contributed by atoms with Crippen molar-refractivity contribution in [1.29, 1.82) is 0 Å². The van der Waals surface area contributed by atoms with E-state index in [1.165, 1.54) is 33.3 Å². The Hall–Kier alpha value is -6.26. The van der Waals surface area contributed by atoms with Crippen molar-refractivity contribution in [3.63, 3.8) is 0 Å². The van der Waals surface area contributed by atoms with Gasteiger partial charge >= 0.3 is 12.1 Å². The molecule has 10 nitrogen and oxygen atoms in total. The lowest BCUT2D eigenvalue weighted by Crippen LogP contribution is -2.44. The number of ether oxygens (including phenoxy) is 6. The first kappa shape index (κ1) is 43.0. The molecule has 332 valence electrons. The molecule has 64 heavy (non-hydrogen) atoms. The fraction of sp³-hybridized carbons (Fsp3) is 0.370. The minimum absolute atomic E-state index is 0.0192. The number of amides is 1. The predicted octanol–water partition coefficient (Wildman–Crippen LogP) is 10.4. The Kier molecular flexibility index (Phi) is 11.4. The Balaban J connectivity index is 1.12. The summed E-state index contributed by atoms with van der Waals surface area (Å²) in [5.74, 6) is 1.71. The van der Waals surface area contributed by atoms with Crippen molar-refractivity contribution in [1.82, 2.24) is 5.32 Å². The van der Waals surface area contributed by atoms with Crippen LogP contribution in [0.5, 0.6) is 17.2 Å². The molecule has 2 aliphatic heterocycles. The van der Waals surface area contributed by atoms with Gasteiger partial charge in [-0.3, -0.25) is 0 Å². The summed E-state index contributed by atoms with van der Waals surface area (Å²) in [6, 6.07) is 32.2. The topological polar surface area (TPSA) is 105 Å². The number of nitrogens with one attached hydrogen (secondary N) is 1. The molecule has 1 atom stereocenters. The van der Waals surface area contributed by atoms with E-state index in [2.05, 4.69) is 111 Å². The molecule has 1 spiro atoms. The van der Waals surface area contributed by atoms with Gasteiger partial charge in [-0.1, -0.05) is 88.9 Å². The normalized spacial score (nSPS) is 19.7.